The fraction of sp³-hybridized carbons (Fsp3) is 0.500. The number of carbonyl (C=O) groups excluding carboxylic acids is 1. The monoisotopic (exact) mass is 346 g/mol. The summed E-state index contributed by atoms with van der Waals surface area (Å²) >= 11 is 0. The van der Waals surface area contributed by atoms with Gasteiger partial charge in [0.15, 0.2) is 0 Å². The molecule has 0 aliphatic rings. The SMILES string of the molecule is CBCCC(=O)NCCCC(N=[N+]=[N-])OCc1ccc(C(=O)O)cc1. The Labute approximate surface area is 147 Å². The summed E-state index contributed by atoms with van der Waals surface area (Å²) in [5.41, 5.74) is 9.61. The molecule has 0 aromatic heterocycles. The van der Waals surface area contributed by atoms with Crippen molar-refractivity contribution in [2.75, 3.05) is 6.54 Å². The first kappa shape index (κ1) is 20.5. The van der Waals surface area contributed by atoms with Crippen LogP contribution in [0.3, 0.4) is 0 Å². The Bertz CT molecular complexity index is 603. The van der Waals surface area contributed by atoms with Gasteiger partial charge in [-0.1, -0.05) is 30.4 Å². The summed E-state index contributed by atoms with van der Waals surface area (Å²) in [7, 11) is 0.980. The largest absolute Gasteiger partial charge is 0.478 e. The van der Waals surface area contributed by atoms with E-state index >= 15 is 0 Å². The zero-order valence-corrected chi connectivity index (χ0v) is 14.4. The highest BCUT2D eigenvalue weighted by Crippen LogP contribution is 2.11. The Morgan fingerprint density at radius 1 is 1.40 bits per heavy atom. The first-order chi connectivity index (χ1) is 12.1. The molecule has 0 aliphatic heterocycles. The highest BCUT2D eigenvalue weighted by atomic mass is 16.5. The van der Waals surface area contributed by atoms with E-state index in [0.29, 0.717) is 25.8 Å². The summed E-state index contributed by atoms with van der Waals surface area (Å²) in [5, 5.41) is 15.3. The van der Waals surface area contributed by atoms with Crippen LogP contribution in [0.1, 0.15) is 35.2 Å². The second kappa shape index (κ2) is 11.9. The van der Waals surface area contributed by atoms with Crippen LogP contribution in [0.5, 0.6) is 0 Å². The fourth-order valence-electron chi connectivity index (χ4n) is 2.10. The van der Waals surface area contributed by atoms with Gasteiger partial charge in [-0.05, 0) is 36.1 Å². The van der Waals surface area contributed by atoms with E-state index in [0.717, 1.165) is 19.2 Å². The Hall–Kier alpha value is -2.51. The molecule has 0 saturated carbocycles. The lowest BCUT2D eigenvalue weighted by Crippen LogP contribution is -2.25. The lowest BCUT2D eigenvalue weighted by Gasteiger charge is -2.13. The number of amides is 1. The third-order valence-corrected chi connectivity index (χ3v) is 3.53. The number of benzene rings is 1. The van der Waals surface area contributed by atoms with Crippen molar-refractivity contribution in [3.63, 3.8) is 0 Å². The average molecular weight is 346 g/mol. The van der Waals surface area contributed by atoms with Crippen molar-refractivity contribution in [3.05, 3.63) is 45.8 Å². The highest BCUT2D eigenvalue weighted by Gasteiger charge is 2.08. The normalized spacial score (nSPS) is 11.2. The minimum absolute atomic E-state index is 0.0293. The number of azide groups is 1. The molecule has 1 amide bonds. The molecular weight excluding hydrogens is 323 g/mol. The molecule has 25 heavy (non-hydrogen) atoms. The van der Waals surface area contributed by atoms with Crippen LogP contribution in [0, 0.1) is 0 Å². The molecule has 1 aromatic carbocycles. The van der Waals surface area contributed by atoms with Crippen LogP contribution < -0.4 is 5.32 Å². The van der Waals surface area contributed by atoms with Crippen molar-refractivity contribution in [2.24, 2.45) is 5.11 Å². The Balaban J connectivity index is 2.35. The Morgan fingerprint density at radius 2 is 2.12 bits per heavy atom. The predicted molar refractivity (Wildman–Crippen MR) is 95.8 cm³/mol. The van der Waals surface area contributed by atoms with Crippen LogP contribution in [-0.2, 0) is 16.1 Å². The van der Waals surface area contributed by atoms with E-state index in [2.05, 4.69) is 15.3 Å². The van der Waals surface area contributed by atoms with Gasteiger partial charge in [0.25, 0.3) is 0 Å². The molecule has 2 N–H and O–H groups in total. The van der Waals surface area contributed by atoms with Gasteiger partial charge in [-0.15, -0.1) is 0 Å². The molecule has 9 heteroatoms. The number of nitrogens with zero attached hydrogens (tertiary/aromatic N) is 3. The van der Waals surface area contributed by atoms with Crippen molar-refractivity contribution in [1.82, 2.24) is 5.32 Å². The molecule has 134 valence electrons. The molecule has 0 aliphatic carbocycles. The Morgan fingerprint density at radius 3 is 2.72 bits per heavy atom. The topological polar surface area (TPSA) is 124 Å². The Kier molecular flexibility index (Phi) is 9.81. The summed E-state index contributed by atoms with van der Waals surface area (Å²) in [6.07, 6.45) is 1.90. The zero-order chi connectivity index (χ0) is 18.5. The van der Waals surface area contributed by atoms with Crippen molar-refractivity contribution >= 4 is 19.2 Å². The van der Waals surface area contributed by atoms with E-state index in [4.69, 9.17) is 15.4 Å². The van der Waals surface area contributed by atoms with Gasteiger partial charge < -0.3 is 15.2 Å². The van der Waals surface area contributed by atoms with Gasteiger partial charge in [-0.2, -0.15) is 0 Å². The number of hydrogen-bond donors (Lipinski definition) is 2. The third kappa shape index (κ3) is 8.78. The summed E-state index contributed by atoms with van der Waals surface area (Å²) in [4.78, 5) is 25.1. The van der Waals surface area contributed by atoms with E-state index in [1.807, 2.05) is 6.82 Å². The molecular formula is C16H23BN4O4. The van der Waals surface area contributed by atoms with Crippen LogP contribution in [0.2, 0.25) is 13.1 Å². The van der Waals surface area contributed by atoms with Crippen LogP contribution >= 0.6 is 0 Å². The summed E-state index contributed by atoms with van der Waals surface area (Å²) in [5.74, 6) is -0.956. The molecule has 0 saturated heterocycles. The van der Waals surface area contributed by atoms with Gasteiger partial charge in [0.05, 0.1) is 12.2 Å². The van der Waals surface area contributed by atoms with E-state index in [1.165, 1.54) is 12.1 Å². The first-order valence-electron chi connectivity index (χ1n) is 8.31. The van der Waals surface area contributed by atoms with E-state index in [9.17, 15) is 9.59 Å². The van der Waals surface area contributed by atoms with E-state index < -0.39 is 12.2 Å². The zero-order valence-electron chi connectivity index (χ0n) is 14.4. The maximum atomic E-state index is 11.5. The van der Waals surface area contributed by atoms with Crippen LogP contribution in [-0.4, -0.2) is 37.0 Å². The summed E-state index contributed by atoms with van der Waals surface area (Å²) < 4.78 is 5.56. The maximum absolute atomic E-state index is 11.5. The van der Waals surface area contributed by atoms with Gasteiger partial charge in [0.2, 0.25) is 5.91 Å². The van der Waals surface area contributed by atoms with Gasteiger partial charge in [-0.25, -0.2) is 4.79 Å². The quantitative estimate of drug-likeness (QED) is 0.198. The number of carboxylic acid groups (broad SMARTS) is 1. The maximum Gasteiger partial charge on any atom is 0.335 e. The molecule has 1 atom stereocenters. The molecule has 0 fully saturated rings. The molecule has 1 aromatic rings. The lowest BCUT2D eigenvalue weighted by molar-refractivity contribution is -0.120. The van der Waals surface area contributed by atoms with Crippen molar-refractivity contribution in [2.45, 2.75) is 45.2 Å². The van der Waals surface area contributed by atoms with Gasteiger partial charge in [-0.3, -0.25) is 4.79 Å². The van der Waals surface area contributed by atoms with Crippen molar-refractivity contribution in [1.29, 1.82) is 0 Å². The van der Waals surface area contributed by atoms with Crippen LogP contribution in [0.4, 0.5) is 0 Å². The number of nitrogens with one attached hydrogen (secondary N) is 1. The minimum Gasteiger partial charge on any atom is -0.478 e. The summed E-state index contributed by atoms with van der Waals surface area (Å²) in [6, 6.07) is 6.31. The smallest absolute Gasteiger partial charge is 0.335 e. The first-order valence-corrected chi connectivity index (χ1v) is 8.31. The average Bonchev–Trinajstić information content (AvgIpc) is 2.61. The molecule has 1 unspecified atom stereocenters. The van der Waals surface area contributed by atoms with Gasteiger partial charge in [0, 0.05) is 17.9 Å². The number of ether oxygens (including phenoxy) is 1. The molecule has 0 heterocycles. The van der Waals surface area contributed by atoms with Crippen LogP contribution in [0.15, 0.2) is 29.4 Å². The van der Waals surface area contributed by atoms with Crippen molar-refractivity contribution < 1.29 is 19.4 Å². The second-order valence-electron chi connectivity index (χ2n) is 5.57. The highest BCUT2D eigenvalue weighted by molar-refractivity contribution is 6.33. The third-order valence-electron chi connectivity index (χ3n) is 3.53. The predicted octanol–water partition coefficient (Wildman–Crippen LogP) is 2.73. The standard InChI is InChI=1S/C16H23BN4O4/c1-17-9-8-14(22)19-10-2-3-15(20-21-18)25-11-12-4-6-13(7-5-12)16(23)24/h4-7,15,17H,2-3,8-11H2,1H3,(H,19,22)(H,23,24). The van der Waals surface area contributed by atoms with E-state index in [1.54, 1.807) is 12.1 Å². The number of hydrogen-bond acceptors (Lipinski definition) is 4. The van der Waals surface area contributed by atoms with Crippen molar-refractivity contribution in [3.8, 4) is 0 Å². The molecule has 0 radical (unpaired) electrons. The van der Waals surface area contributed by atoms with Crippen LogP contribution in [0.25, 0.3) is 10.4 Å². The lowest BCUT2D eigenvalue weighted by atomic mass is 9.77. The van der Waals surface area contributed by atoms with Gasteiger partial charge in [0.1, 0.15) is 13.5 Å². The fourth-order valence-corrected chi connectivity index (χ4v) is 2.10. The summed E-state index contributed by atoms with van der Waals surface area (Å²) in [6.45, 7) is 2.76. The molecule has 0 spiro atoms. The molecule has 8 nitrogen and oxygen atoms in total. The number of rotatable bonds is 12. The second-order valence-corrected chi connectivity index (χ2v) is 5.57. The number of aromatic carboxylic acids is 1. The van der Waals surface area contributed by atoms with E-state index in [-0.39, 0.29) is 18.1 Å². The molecule has 0 bridgehead atoms. The molecule has 1 rings (SSSR count). The number of carbonyl (C=O) groups is 2. The minimum atomic E-state index is -0.986. The van der Waals surface area contributed by atoms with Gasteiger partial charge >= 0.3 is 5.97 Å². The number of carboxylic acids is 1.